The average Bonchev–Trinajstić information content (AvgIpc) is 2.40. The molecule has 1 aromatic heterocycles. The van der Waals surface area contributed by atoms with Gasteiger partial charge >= 0.3 is 0 Å². The molecule has 0 fully saturated rings. The number of pyridine rings is 1. The molecule has 0 saturated carbocycles. The summed E-state index contributed by atoms with van der Waals surface area (Å²) < 4.78 is 0. The Balaban J connectivity index is 2.11. The summed E-state index contributed by atoms with van der Waals surface area (Å²) in [7, 11) is 0. The molecule has 2 aromatic rings. The number of benzene rings is 1. The number of nitrogens with zero attached hydrogens (tertiary/aromatic N) is 2. The molecule has 3 nitrogen and oxygen atoms in total. The molecule has 2 N–H and O–H groups in total. The number of halogens is 1. The zero-order valence-electron chi connectivity index (χ0n) is 9.43. The molecule has 1 aromatic carbocycles. The highest BCUT2D eigenvalue weighted by atomic mass is 35.5. The number of rotatable bonds is 3. The SMILES string of the molecule is N#Cc1cc(CSc2cc(N)ccc2Cl)ccn1. The predicted octanol–water partition coefficient (Wildman–Crippen LogP) is 3.48. The molecule has 0 saturated heterocycles. The van der Waals surface area contributed by atoms with Crippen LogP contribution in [0.15, 0.2) is 41.4 Å². The Morgan fingerprint density at radius 2 is 2.17 bits per heavy atom. The lowest BCUT2D eigenvalue weighted by molar-refractivity contribution is 1.22. The van der Waals surface area contributed by atoms with E-state index >= 15 is 0 Å². The van der Waals surface area contributed by atoms with Crippen molar-refractivity contribution in [3.05, 3.63) is 52.8 Å². The summed E-state index contributed by atoms with van der Waals surface area (Å²) in [4.78, 5) is 4.87. The highest BCUT2D eigenvalue weighted by molar-refractivity contribution is 7.98. The lowest BCUT2D eigenvalue weighted by Crippen LogP contribution is -1.88. The van der Waals surface area contributed by atoms with Crippen LogP contribution in [0.4, 0.5) is 5.69 Å². The minimum atomic E-state index is 0.423. The minimum absolute atomic E-state index is 0.423. The first-order chi connectivity index (χ1) is 8.69. The van der Waals surface area contributed by atoms with E-state index in [1.165, 1.54) is 0 Å². The quantitative estimate of drug-likeness (QED) is 0.688. The van der Waals surface area contributed by atoms with E-state index in [2.05, 4.69) is 4.98 Å². The van der Waals surface area contributed by atoms with Crippen molar-refractivity contribution in [1.29, 1.82) is 5.26 Å². The van der Waals surface area contributed by atoms with Crippen LogP contribution in [0.5, 0.6) is 0 Å². The van der Waals surface area contributed by atoms with E-state index in [0.29, 0.717) is 16.4 Å². The monoisotopic (exact) mass is 275 g/mol. The third-order valence-electron chi connectivity index (χ3n) is 2.29. The Kier molecular flexibility index (Phi) is 4.08. The van der Waals surface area contributed by atoms with E-state index in [1.54, 1.807) is 36.2 Å². The summed E-state index contributed by atoms with van der Waals surface area (Å²) in [6.07, 6.45) is 1.63. The first-order valence-corrected chi connectivity index (χ1v) is 6.58. The molecule has 0 aliphatic heterocycles. The summed E-state index contributed by atoms with van der Waals surface area (Å²) in [5.74, 6) is 0.723. The van der Waals surface area contributed by atoms with Gasteiger partial charge in [-0.25, -0.2) is 4.98 Å². The fourth-order valence-electron chi connectivity index (χ4n) is 1.42. The Hall–Kier alpha value is -1.70. The lowest BCUT2D eigenvalue weighted by Gasteiger charge is -2.05. The Morgan fingerprint density at radius 1 is 1.33 bits per heavy atom. The fourth-order valence-corrected chi connectivity index (χ4v) is 2.63. The van der Waals surface area contributed by atoms with E-state index < -0.39 is 0 Å². The minimum Gasteiger partial charge on any atom is -0.399 e. The molecule has 2 rings (SSSR count). The van der Waals surface area contributed by atoms with E-state index in [9.17, 15) is 0 Å². The van der Waals surface area contributed by atoms with Crippen LogP contribution in [0, 0.1) is 11.3 Å². The number of hydrogen-bond donors (Lipinski definition) is 1. The van der Waals surface area contributed by atoms with Crippen molar-refractivity contribution >= 4 is 29.1 Å². The summed E-state index contributed by atoms with van der Waals surface area (Å²) in [6, 6.07) is 11.1. The molecule has 0 bridgehead atoms. The number of thioether (sulfide) groups is 1. The molecule has 0 aliphatic carbocycles. The van der Waals surface area contributed by atoms with E-state index in [0.717, 1.165) is 16.2 Å². The number of nitriles is 1. The smallest absolute Gasteiger partial charge is 0.140 e. The first-order valence-electron chi connectivity index (χ1n) is 5.22. The Bertz CT molecular complexity index is 607. The van der Waals surface area contributed by atoms with Crippen LogP contribution in [0.2, 0.25) is 5.02 Å². The van der Waals surface area contributed by atoms with Gasteiger partial charge in [0.15, 0.2) is 0 Å². The van der Waals surface area contributed by atoms with Crippen molar-refractivity contribution in [2.24, 2.45) is 0 Å². The highest BCUT2D eigenvalue weighted by Crippen LogP contribution is 2.31. The van der Waals surface area contributed by atoms with Gasteiger partial charge in [0.1, 0.15) is 11.8 Å². The molecule has 0 amide bonds. The molecule has 0 aliphatic rings. The molecule has 5 heteroatoms. The number of anilines is 1. The standard InChI is InChI=1S/C13H10ClN3S/c14-12-2-1-10(16)6-13(12)18-8-9-3-4-17-11(5-9)7-15/h1-6H,8,16H2. The zero-order chi connectivity index (χ0) is 13.0. The van der Waals surface area contributed by atoms with Crippen LogP contribution in [-0.2, 0) is 5.75 Å². The fraction of sp³-hybridized carbons (Fsp3) is 0.0769. The summed E-state index contributed by atoms with van der Waals surface area (Å²) in [6.45, 7) is 0. The van der Waals surface area contributed by atoms with Crippen molar-refractivity contribution in [2.45, 2.75) is 10.6 Å². The third-order valence-corrected chi connectivity index (χ3v) is 3.86. The van der Waals surface area contributed by atoms with E-state index in [4.69, 9.17) is 22.6 Å². The van der Waals surface area contributed by atoms with Gasteiger partial charge < -0.3 is 5.73 Å². The second kappa shape index (κ2) is 5.76. The van der Waals surface area contributed by atoms with Gasteiger partial charge in [-0.15, -0.1) is 11.8 Å². The molecule has 0 radical (unpaired) electrons. The van der Waals surface area contributed by atoms with Crippen molar-refractivity contribution in [3.63, 3.8) is 0 Å². The maximum absolute atomic E-state index is 8.77. The molecular weight excluding hydrogens is 266 g/mol. The van der Waals surface area contributed by atoms with Gasteiger partial charge in [0.05, 0.1) is 5.02 Å². The van der Waals surface area contributed by atoms with Gasteiger partial charge in [-0.05, 0) is 35.9 Å². The highest BCUT2D eigenvalue weighted by Gasteiger charge is 2.03. The maximum atomic E-state index is 8.77. The van der Waals surface area contributed by atoms with Crippen LogP contribution >= 0.6 is 23.4 Å². The third kappa shape index (κ3) is 3.16. The second-order valence-corrected chi connectivity index (χ2v) is 5.06. The van der Waals surface area contributed by atoms with Crippen LogP contribution < -0.4 is 5.73 Å². The van der Waals surface area contributed by atoms with Crippen molar-refractivity contribution in [3.8, 4) is 6.07 Å². The molecule has 1 heterocycles. The molecule has 18 heavy (non-hydrogen) atoms. The van der Waals surface area contributed by atoms with Crippen molar-refractivity contribution in [1.82, 2.24) is 4.98 Å². The largest absolute Gasteiger partial charge is 0.399 e. The van der Waals surface area contributed by atoms with Gasteiger partial charge in [-0.1, -0.05) is 11.6 Å². The Morgan fingerprint density at radius 3 is 2.94 bits per heavy atom. The van der Waals surface area contributed by atoms with Crippen molar-refractivity contribution in [2.75, 3.05) is 5.73 Å². The second-order valence-electron chi connectivity index (χ2n) is 3.64. The average molecular weight is 276 g/mol. The molecule has 0 spiro atoms. The molecular formula is C13H10ClN3S. The Labute approximate surface area is 115 Å². The molecule has 90 valence electrons. The van der Waals surface area contributed by atoms with Gasteiger partial charge in [-0.2, -0.15) is 5.26 Å². The molecule has 0 unspecified atom stereocenters. The van der Waals surface area contributed by atoms with Crippen LogP contribution in [-0.4, -0.2) is 4.98 Å². The zero-order valence-corrected chi connectivity index (χ0v) is 11.0. The predicted molar refractivity (Wildman–Crippen MR) is 74.4 cm³/mol. The van der Waals surface area contributed by atoms with Crippen LogP contribution in [0.1, 0.15) is 11.3 Å². The van der Waals surface area contributed by atoms with Gasteiger partial charge in [0, 0.05) is 22.5 Å². The number of nitrogens with two attached hydrogens (primary N) is 1. The summed E-state index contributed by atoms with van der Waals surface area (Å²) >= 11 is 7.66. The lowest BCUT2D eigenvalue weighted by atomic mass is 10.2. The van der Waals surface area contributed by atoms with Crippen LogP contribution in [0.3, 0.4) is 0 Å². The van der Waals surface area contributed by atoms with E-state index in [-0.39, 0.29) is 0 Å². The molecule has 0 atom stereocenters. The number of aromatic nitrogens is 1. The number of hydrogen-bond acceptors (Lipinski definition) is 4. The van der Waals surface area contributed by atoms with E-state index in [1.807, 2.05) is 18.2 Å². The summed E-state index contributed by atoms with van der Waals surface area (Å²) in [5, 5.41) is 9.45. The van der Waals surface area contributed by atoms with Gasteiger partial charge in [0.25, 0.3) is 0 Å². The maximum Gasteiger partial charge on any atom is 0.140 e. The normalized spacial score (nSPS) is 10.0. The van der Waals surface area contributed by atoms with Crippen LogP contribution in [0.25, 0.3) is 0 Å². The topological polar surface area (TPSA) is 62.7 Å². The van der Waals surface area contributed by atoms with Crippen molar-refractivity contribution < 1.29 is 0 Å². The summed E-state index contributed by atoms with van der Waals surface area (Å²) in [5.41, 5.74) is 7.86. The van der Waals surface area contributed by atoms with Gasteiger partial charge in [-0.3, -0.25) is 0 Å². The van der Waals surface area contributed by atoms with Gasteiger partial charge in [0.2, 0.25) is 0 Å². The first kappa shape index (κ1) is 12.7. The number of nitrogen functional groups attached to an aromatic ring is 1.